The van der Waals surface area contributed by atoms with E-state index in [9.17, 15) is 29.1 Å². The van der Waals surface area contributed by atoms with Crippen molar-refractivity contribution in [3.05, 3.63) is 56.9 Å². The van der Waals surface area contributed by atoms with Gasteiger partial charge in [-0.1, -0.05) is 20.8 Å². The molecule has 2 aliphatic heterocycles. The summed E-state index contributed by atoms with van der Waals surface area (Å²) in [5.74, 6) is -2.66. The van der Waals surface area contributed by atoms with Crippen LogP contribution in [0.15, 0.2) is 29.1 Å². The predicted molar refractivity (Wildman–Crippen MR) is 157 cm³/mol. The third-order valence-corrected chi connectivity index (χ3v) is 7.87. The van der Waals surface area contributed by atoms with E-state index in [2.05, 4.69) is 10.6 Å². The van der Waals surface area contributed by atoms with Crippen LogP contribution in [0.25, 0.3) is 22.3 Å². The number of aryl methyl sites for hydroxylation is 1. The highest BCUT2D eigenvalue weighted by molar-refractivity contribution is 5.91. The fourth-order valence-corrected chi connectivity index (χ4v) is 5.71. The highest BCUT2D eigenvalue weighted by Gasteiger charge is 2.50. The van der Waals surface area contributed by atoms with Crippen molar-refractivity contribution >= 4 is 34.7 Å². The van der Waals surface area contributed by atoms with Gasteiger partial charge in [-0.15, -0.1) is 0 Å². The van der Waals surface area contributed by atoms with Gasteiger partial charge in [-0.05, 0) is 49.1 Å². The maximum absolute atomic E-state index is 13.8. The lowest BCUT2D eigenvalue weighted by Crippen LogP contribution is -2.49. The number of carbonyl (C=O) groups is 4. The van der Waals surface area contributed by atoms with Gasteiger partial charge in [-0.3, -0.25) is 19.2 Å². The van der Waals surface area contributed by atoms with Crippen LogP contribution < -0.4 is 16.2 Å². The summed E-state index contributed by atoms with van der Waals surface area (Å²) in [4.78, 5) is 68.6. The average molecular weight is 607 g/mol. The lowest BCUT2D eigenvalue weighted by atomic mass is 9.85. The Labute approximate surface area is 252 Å². The largest absolute Gasteiger partial charge is 0.508 e. The van der Waals surface area contributed by atoms with Crippen molar-refractivity contribution < 1.29 is 38.5 Å². The molecule has 4 heterocycles. The van der Waals surface area contributed by atoms with Crippen molar-refractivity contribution in [3.8, 4) is 17.1 Å². The number of hydrogen-bond donors (Lipinski definition) is 3. The Hall–Kier alpha value is -4.78. The molecule has 0 fully saturated rings. The normalized spacial score (nSPS) is 16.5. The molecule has 13 heteroatoms. The predicted octanol–water partition coefficient (Wildman–Crippen LogP) is 1.56. The Morgan fingerprint density at radius 1 is 1.07 bits per heavy atom. The zero-order valence-electron chi connectivity index (χ0n) is 24.8. The van der Waals surface area contributed by atoms with Crippen molar-refractivity contribution in [3.63, 3.8) is 0 Å². The van der Waals surface area contributed by atoms with Crippen molar-refractivity contribution in [2.45, 2.75) is 58.8 Å². The molecule has 0 unspecified atom stereocenters. The van der Waals surface area contributed by atoms with E-state index in [-0.39, 0.29) is 54.5 Å². The molecular weight excluding hydrogens is 572 g/mol. The number of amides is 2. The van der Waals surface area contributed by atoms with Crippen LogP contribution in [0.5, 0.6) is 5.75 Å². The fourth-order valence-electron chi connectivity index (χ4n) is 5.71. The molecule has 3 N–H and O–H groups in total. The molecule has 44 heavy (non-hydrogen) atoms. The fraction of sp³-hybridized carbons (Fsp3) is 0.419. The number of hydrogen-bond acceptors (Lipinski definition) is 10. The molecule has 1 atom stereocenters. The highest BCUT2D eigenvalue weighted by atomic mass is 16.6. The number of fused-ring (bicyclic) bond motifs is 5. The minimum Gasteiger partial charge on any atom is -0.508 e. The van der Waals surface area contributed by atoms with Crippen LogP contribution in [0.1, 0.15) is 55.9 Å². The van der Waals surface area contributed by atoms with E-state index in [4.69, 9.17) is 19.2 Å². The van der Waals surface area contributed by atoms with Crippen LogP contribution in [0, 0.1) is 0 Å². The summed E-state index contributed by atoms with van der Waals surface area (Å²) in [7, 11) is 0. The number of aromatic hydroxyl groups is 1. The summed E-state index contributed by atoms with van der Waals surface area (Å²) >= 11 is 0. The van der Waals surface area contributed by atoms with E-state index in [1.165, 1.54) is 0 Å². The van der Waals surface area contributed by atoms with Crippen molar-refractivity contribution in [1.29, 1.82) is 0 Å². The summed E-state index contributed by atoms with van der Waals surface area (Å²) in [6.07, 6.45) is 1.36. The number of esters is 2. The Bertz CT molecular complexity index is 1730. The Morgan fingerprint density at radius 2 is 1.82 bits per heavy atom. The van der Waals surface area contributed by atoms with E-state index in [0.717, 1.165) is 22.9 Å². The molecule has 0 bridgehead atoms. The molecule has 2 aromatic heterocycles. The number of ether oxygens (including phenoxy) is 3. The smallest absolute Gasteiger partial charge is 0.355 e. The third kappa shape index (κ3) is 5.50. The van der Waals surface area contributed by atoms with Crippen LogP contribution in [-0.4, -0.2) is 64.7 Å². The number of phenolic OH excluding ortho intramolecular Hbond substituents is 1. The van der Waals surface area contributed by atoms with Crippen molar-refractivity contribution in [2.75, 3.05) is 26.3 Å². The van der Waals surface area contributed by atoms with E-state index < -0.39 is 36.6 Å². The minimum absolute atomic E-state index is 0.0328. The first-order valence-electron chi connectivity index (χ1n) is 14.6. The second-order valence-electron chi connectivity index (χ2n) is 10.6. The van der Waals surface area contributed by atoms with Crippen molar-refractivity contribution in [2.24, 2.45) is 0 Å². The lowest BCUT2D eigenvalue weighted by molar-refractivity contribution is -0.189. The van der Waals surface area contributed by atoms with Gasteiger partial charge in [0.2, 0.25) is 17.4 Å². The van der Waals surface area contributed by atoms with E-state index >= 15 is 0 Å². The number of cyclic esters (lactones) is 1. The quantitative estimate of drug-likeness (QED) is 0.213. The summed E-state index contributed by atoms with van der Waals surface area (Å²) in [5, 5.41) is 15.8. The van der Waals surface area contributed by atoms with Gasteiger partial charge in [0.05, 0.1) is 29.0 Å². The van der Waals surface area contributed by atoms with Gasteiger partial charge in [0.15, 0.2) is 0 Å². The number of pyridine rings is 2. The molecule has 13 nitrogen and oxygen atoms in total. The molecule has 0 aliphatic carbocycles. The number of aromatic nitrogens is 2. The maximum atomic E-state index is 13.8. The van der Waals surface area contributed by atoms with Crippen LogP contribution in [0.2, 0.25) is 0 Å². The molecule has 2 aliphatic rings. The molecule has 3 aromatic rings. The number of benzene rings is 1. The Kier molecular flexibility index (Phi) is 8.68. The first-order chi connectivity index (χ1) is 21.1. The monoisotopic (exact) mass is 606 g/mol. The molecule has 2 amide bonds. The topological polar surface area (TPSA) is 175 Å². The second kappa shape index (κ2) is 12.4. The number of phenols is 1. The van der Waals surface area contributed by atoms with E-state index in [1.807, 2.05) is 13.8 Å². The van der Waals surface area contributed by atoms with Crippen LogP contribution >= 0.6 is 0 Å². The van der Waals surface area contributed by atoms with Gasteiger partial charge in [-0.25, -0.2) is 9.78 Å². The van der Waals surface area contributed by atoms with Crippen LogP contribution in [0.3, 0.4) is 0 Å². The van der Waals surface area contributed by atoms with E-state index in [0.29, 0.717) is 29.9 Å². The molecule has 0 saturated carbocycles. The summed E-state index contributed by atoms with van der Waals surface area (Å²) < 4.78 is 17.7. The van der Waals surface area contributed by atoms with Gasteiger partial charge in [-0.2, -0.15) is 0 Å². The van der Waals surface area contributed by atoms with Crippen LogP contribution in [-0.2, 0) is 58.6 Å². The molecule has 0 saturated heterocycles. The minimum atomic E-state index is -1.92. The summed E-state index contributed by atoms with van der Waals surface area (Å²) in [6.45, 7) is 4.63. The zero-order chi connectivity index (χ0) is 31.6. The first-order valence-corrected chi connectivity index (χ1v) is 14.6. The van der Waals surface area contributed by atoms with Gasteiger partial charge in [0, 0.05) is 23.1 Å². The first kappa shape index (κ1) is 30.7. The summed E-state index contributed by atoms with van der Waals surface area (Å²) in [6, 6.07) is 6.57. The molecule has 232 valence electrons. The van der Waals surface area contributed by atoms with Gasteiger partial charge in [0.1, 0.15) is 32.1 Å². The highest BCUT2D eigenvalue weighted by Crippen LogP contribution is 2.42. The Balaban J connectivity index is 1.41. The standard InChI is InChI=1S/C31H34N4O9/c1-4-9-32-25(37)15-42-16-26(38)33-12-27(39)44-31(6-3)22-11-24-28-20(13-35(24)29(40)21(22)14-43-30(31)41)18(5-2)19-10-17(36)7-8-23(19)34-28/h7-8,10-11,36H,4-6,9,12-16H2,1-3H3,(H,32,37)(H,33,38)/t31-/m0/s1. The van der Waals surface area contributed by atoms with E-state index in [1.54, 1.807) is 35.8 Å². The number of nitrogens with zero attached hydrogens (tertiary/aromatic N) is 2. The van der Waals surface area contributed by atoms with Crippen molar-refractivity contribution in [1.82, 2.24) is 20.2 Å². The third-order valence-electron chi connectivity index (χ3n) is 7.87. The molecular formula is C31H34N4O9. The Morgan fingerprint density at radius 3 is 2.52 bits per heavy atom. The van der Waals surface area contributed by atoms with Gasteiger partial charge >= 0.3 is 11.9 Å². The van der Waals surface area contributed by atoms with Gasteiger partial charge in [0.25, 0.3) is 5.56 Å². The van der Waals surface area contributed by atoms with Gasteiger partial charge < -0.3 is 34.5 Å². The molecule has 0 spiro atoms. The summed E-state index contributed by atoms with van der Waals surface area (Å²) in [5.41, 5.74) is 1.58. The maximum Gasteiger partial charge on any atom is 0.355 e. The molecule has 5 rings (SSSR count). The zero-order valence-corrected chi connectivity index (χ0v) is 24.8. The van der Waals surface area contributed by atoms with Crippen LogP contribution in [0.4, 0.5) is 0 Å². The number of rotatable bonds is 11. The number of carbonyl (C=O) groups excluding carboxylic acids is 4. The lowest BCUT2D eigenvalue weighted by Gasteiger charge is -2.35. The molecule has 0 radical (unpaired) electrons. The average Bonchev–Trinajstić information content (AvgIpc) is 3.37. The second-order valence-corrected chi connectivity index (χ2v) is 10.6. The molecule has 1 aromatic carbocycles. The SMILES string of the molecule is CCCNC(=O)COCC(=O)NCC(=O)O[C@]1(CC)C(=O)OCc2c1cc1n(c2=O)Cc2c-1nc1ccc(O)cc1c2CC. The number of nitrogens with one attached hydrogen (secondary N) is 2.